The van der Waals surface area contributed by atoms with Crippen LogP contribution in [0.5, 0.6) is 0 Å². The number of nitrogens with zero attached hydrogens (tertiary/aromatic N) is 3. The Hall–Kier alpha value is -1.49. The molecule has 0 amide bonds. The SMILES string of the molecule is CCN(CC)CCn1c(SCc2ccc(Cl)cc2)nc2ccccc21. The lowest BCUT2D eigenvalue weighted by Crippen LogP contribution is -2.27. The van der Waals surface area contributed by atoms with Crippen LogP contribution in [-0.2, 0) is 12.3 Å². The van der Waals surface area contributed by atoms with Crippen molar-refractivity contribution >= 4 is 34.4 Å². The average Bonchev–Trinajstić information content (AvgIpc) is 3.00. The van der Waals surface area contributed by atoms with Crippen LogP contribution in [0.2, 0.25) is 5.02 Å². The Bertz CT molecular complexity index is 809. The van der Waals surface area contributed by atoms with Crippen LogP contribution in [0, 0.1) is 0 Å². The number of hydrogen-bond donors (Lipinski definition) is 0. The number of rotatable bonds is 8. The second-order valence-electron chi connectivity index (χ2n) is 5.98. The van der Waals surface area contributed by atoms with Crippen LogP contribution in [0.15, 0.2) is 53.7 Å². The highest BCUT2D eigenvalue weighted by Crippen LogP contribution is 2.27. The smallest absolute Gasteiger partial charge is 0.169 e. The van der Waals surface area contributed by atoms with E-state index in [0.717, 1.165) is 47.6 Å². The molecule has 5 heteroatoms. The van der Waals surface area contributed by atoms with E-state index in [2.05, 4.69) is 59.7 Å². The predicted molar refractivity (Wildman–Crippen MR) is 109 cm³/mol. The second-order valence-corrected chi connectivity index (χ2v) is 7.36. The first-order valence-corrected chi connectivity index (χ1v) is 10.1. The molecule has 0 bridgehead atoms. The van der Waals surface area contributed by atoms with Crippen molar-refractivity contribution in [2.24, 2.45) is 0 Å². The lowest BCUT2D eigenvalue weighted by atomic mass is 10.2. The maximum absolute atomic E-state index is 5.98. The number of para-hydroxylation sites is 2. The molecule has 0 aliphatic carbocycles. The number of aromatic nitrogens is 2. The molecule has 1 aromatic heterocycles. The Balaban J connectivity index is 1.80. The third-order valence-electron chi connectivity index (χ3n) is 4.43. The Morgan fingerprint density at radius 1 is 1.04 bits per heavy atom. The zero-order valence-electron chi connectivity index (χ0n) is 14.8. The van der Waals surface area contributed by atoms with E-state index in [1.807, 2.05) is 12.1 Å². The van der Waals surface area contributed by atoms with E-state index in [1.165, 1.54) is 11.1 Å². The molecular formula is C20H24ClN3S. The molecule has 0 spiro atoms. The largest absolute Gasteiger partial charge is 0.318 e. The van der Waals surface area contributed by atoms with Crippen LogP contribution < -0.4 is 0 Å². The van der Waals surface area contributed by atoms with Crippen LogP contribution >= 0.6 is 23.4 Å². The summed E-state index contributed by atoms with van der Waals surface area (Å²) in [4.78, 5) is 7.30. The number of imidazole rings is 1. The number of hydrogen-bond acceptors (Lipinski definition) is 3. The molecule has 0 atom stereocenters. The molecule has 3 rings (SSSR count). The monoisotopic (exact) mass is 373 g/mol. The fourth-order valence-corrected chi connectivity index (χ4v) is 4.01. The zero-order valence-corrected chi connectivity index (χ0v) is 16.4. The summed E-state index contributed by atoms with van der Waals surface area (Å²) < 4.78 is 2.36. The van der Waals surface area contributed by atoms with Crippen molar-refractivity contribution in [1.82, 2.24) is 14.5 Å². The van der Waals surface area contributed by atoms with E-state index in [9.17, 15) is 0 Å². The van der Waals surface area contributed by atoms with Crippen LogP contribution in [-0.4, -0.2) is 34.1 Å². The summed E-state index contributed by atoms with van der Waals surface area (Å²) in [6.07, 6.45) is 0. The third kappa shape index (κ3) is 4.57. The van der Waals surface area contributed by atoms with Crippen molar-refractivity contribution in [3.05, 3.63) is 59.1 Å². The highest BCUT2D eigenvalue weighted by molar-refractivity contribution is 7.98. The first-order valence-electron chi connectivity index (χ1n) is 8.76. The van der Waals surface area contributed by atoms with Crippen molar-refractivity contribution in [3.8, 4) is 0 Å². The van der Waals surface area contributed by atoms with Crippen molar-refractivity contribution in [2.45, 2.75) is 31.3 Å². The third-order valence-corrected chi connectivity index (χ3v) is 5.73. The van der Waals surface area contributed by atoms with Crippen LogP contribution in [0.1, 0.15) is 19.4 Å². The van der Waals surface area contributed by atoms with Gasteiger partial charge >= 0.3 is 0 Å². The van der Waals surface area contributed by atoms with Crippen LogP contribution in [0.3, 0.4) is 0 Å². The fraction of sp³-hybridized carbons (Fsp3) is 0.350. The van der Waals surface area contributed by atoms with E-state index in [-0.39, 0.29) is 0 Å². The van der Waals surface area contributed by atoms with Gasteiger partial charge in [-0.15, -0.1) is 0 Å². The summed E-state index contributed by atoms with van der Waals surface area (Å²) in [5.74, 6) is 0.895. The molecule has 0 fully saturated rings. The van der Waals surface area contributed by atoms with E-state index < -0.39 is 0 Å². The minimum atomic E-state index is 0.778. The number of fused-ring (bicyclic) bond motifs is 1. The number of benzene rings is 2. The van der Waals surface area contributed by atoms with Crippen LogP contribution in [0.4, 0.5) is 0 Å². The summed E-state index contributed by atoms with van der Waals surface area (Å²) in [6.45, 7) is 8.59. The Morgan fingerprint density at radius 2 is 1.76 bits per heavy atom. The van der Waals surface area contributed by atoms with Crippen molar-refractivity contribution < 1.29 is 0 Å². The number of thioether (sulfide) groups is 1. The van der Waals surface area contributed by atoms with Gasteiger partial charge in [0.1, 0.15) is 0 Å². The maximum Gasteiger partial charge on any atom is 0.169 e. The molecule has 0 saturated heterocycles. The van der Waals surface area contributed by atoms with Crippen molar-refractivity contribution in [3.63, 3.8) is 0 Å². The minimum Gasteiger partial charge on any atom is -0.318 e. The zero-order chi connectivity index (χ0) is 17.6. The molecule has 2 aromatic carbocycles. The van der Waals surface area contributed by atoms with Gasteiger partial charge in [-0.3, -0.25) is 0 Å². The summed E-state index contributed by atoms with van der Waals surface area (Å²) in [7, 11) is 0. The van der Waals surface area contributed by atoms with Gasteiger partial charge in [-0.25, -0.2) is 4.98 Å². The Kier molecular flexibility index (Phi) is 6.40. The van der Waals surface area contributed by atoms with Gasteiger partial charge in [0.15, 0.2) is 5.16 Å². The number of halogens is 1. The summed E-state index contributed by atoms with van der Waals surface area (Å²) in [5, 5.41) is 1.86. The van der Waals surface area contributed by atoms with E-state index in [0.29, 0.717) is 0 Å². The lowest BCUT2D eigenvalue weighted by molar-refractivity contribution is 0.288. The van der Waals surface area contributed by atoms with Gasteiger partial charge in [0.2, 0.25) is 0 Å². The van der Waals surface area contributed by atoms with E-state index in [4.69, 9.17) is 16.6 Å². The number of likely N-dealkylation sites (N-methyl/N-ethyl adjacent to an activating group) is 1. The topological polar surface area (TPSA) is 21.1 Å². The Labute approximate surface area is 159 Å². The van der Waals surface area contributed by atoms with Gasteiger partial charge in [-0.2, -0.15) is 0 Å². The molecule has 0 unspecified atom stereocenters. The average molecular weight is 374 g/mol. The molecule has 0 aliphatic rings. The molecule has 3 nitrogen and oxygen atoms in total. The summed E-state index contributed by atoms with van der Waals surface area (Å²) in [6, 6.07) is 16.5. The van der Waals surface area contributed by atoms with Gasteiger partial charge in [-0.1, -0.05) is 61.5 Å². The highest BCUT2D eigenvalue weighted by Gasteiger charge is 2.12. The van der Waals surface area contributed by atoms with Gasteiger partial charge in [0, 0.05) is 23.9 Å². The first-order chi connectivity index (χ1) is 12.2. The molecule has 0 radical (unpaired) electrons. The maximum atomic E-state index is 5.98. The molecule has 0 N–H and O–H groups in total. The van der Waals surface area contributed by atoms with Gasteiger partial charge in [0.25, 0.3) is 0 Å². The van der Waals surface area contributed by atoms with Crippen molar-refractivity contribution in [2.75, 3.05) is 19.6 Å². The lowest BCUT2D eigenvalue weighted by Gasteiger charge is -2.19. The molecule has 3 aromatic rings. The summed E-state index contributed by atoms with van der Waals surface area (Å²) >= 11 is 7.77. The van der Waals surface area contributed by atoms with Crippen molar-refractivity contribution in [1.29, 1.82) is 0 Å². The molecule has 0 saturated carbocycles. The normalized spacial score (nSPS) is 11.5. The minimum absolute atomic E-state index is 0.778. The highest BCUT2D eigenvalue weighted by atomic mass is 35.5. The molecule has 132 valence electrons. The van der Waals surface area contributed by atoms with Gasteiger partial charge < -0.3 is 9.47 Å². The molecule has 25 heavy (non-hydrogen) atoms. The molecule has 0 aliphatic heterocycles. The van der Waals surface area contributed by atoms with E-state index >= 15 is 0 Å². The summed E-state index contributed by atoms with van der Waals surface area (Å²) in [5.41, 5.74) is 3.55. The van der Waals surface area contributed by atoms with Gasteiger partial charge in [-0.05, 0) is 42.9 Å². The Morgan fingerprint density at radius 3 is 2.48 bits per heavy atom. The van der Waals surface area contributed by atoms with Gasteiger partial charge in [0.05, 0.1) is 11.0 Å². The first kappa shape index (κ1) is 18.3. The molecular weight excluding hydrogens is 350 g/mol. The van der Waals surface area contributed by atoms with E-state index in [1.54, 1.807) is 11.8 Å². The fourth-order valence-electron chi connectivity index (χ4n) is 2.89. The van der Waals surface area contributed by atoms with Crippen LogP contribution in [0.25, 0.3) is 11.0 Å². The second kappa shape index (κ2) is 8.75. The predicted octanol–water partition coefficient (Wildman–Crippen LogP) is 5.32. The quantitative estimate of drug-likeness (QED) is 0.498. The standard InChI is InChI=1S/C20H24ClN3S/c1-3-23(4-2)13-14-24-19-8-6-5-7-18(19)22-20(24)25-15-16-9-11-17(21)12-10-16/h5-12H,3-4,13-15H2,1-2H3. The molecule has 1 heterocycles.